The van der Waals surface area contributed by atoms with Crippen LogP contribution in [0.4, 0.5) is 0 Å². The summed E-state index contributed by atoms with van der Waals surface area (Å²) in [4.78, 5) is 37.2. The van der Waals surface area contributed by atoms with Crippen LogP contribution in [0.1, 0.15) is 32.1 Å². The van der Waals surface area contributed by atoms with Crippen molar-refractivity contribution in [1.29, 1.82) is 0 Å². The predicted molar refractivity (Wildman–Crippen MR) is 103 cm³/mol. The summed E-state index contributed by atoms with van der Waals surface area (Å²) in [5.74, 6) is -1.41. The standard InChI is InChI=1S/C18H29N3O5.ClH/c22-12-15(10-17(24)25)20-18(26)14-2-1-9-21(11-14)16(23)4-3-13-5-7-19-8-6-13;/h3-4,13-15,19,22H,1-2,5-12H2,(H,20,26)(H,24,25);1H/b4-3+;/t14-,15?;/m1./s1. The molecule has 0 saturated carbocycles. The Morgan fingerprint density at radius 2 is 1.93 bits per heavy atom. The molecule has 27 heavy (non-hydrogen) atoms. The molecule has 0 spiro atoms. The molecule has 0 bridgehead atoms. The molecule has 2 amide bonds. The van der Waals surface area contributed by atoms with Crippen molar-refractivity contribution in [3.8, 4) is 0 Å². The van der Waals surface area contributed by atoms with Gasteiger partial charge in [0.2, 0.25) is 11.8 Å². The van der Waals surface area contributed by atoms with Crippen molar-refractivity contribution in [3.05, 3.63) is 12.2 Å². The summed E-state index contributed by atoms with van der Waals surface area (Å²) in [6.45, 7) is 2.46. The zero-order valence-corrected chi connectivity index (χ0v) is 16.2. The number of allylic oxidation sites excluding steroid dienone is 1. The van der Waals surface area contributed by atoms with Crippen LogP contribution < -0.4 is 10.6 Å². The van der Waals surface area contributed by atoms with E-state index < -0.39 is 18.6 Å². The monoisotopic (exact) mass is 403 g/mol. The topological polar surface area (TPSA) is 119 Å². The highest BCUT2D eigenvalue weighted by Gasteiger charge is 2.29. The van der Waals surface area contributed by atoms with Gasteiger partial charge in [-0.2, -0.15) is 0 Å². The van der Waals surface area contributed by atoms with Crippen molar-refractivity contribution in [1.82, 2.24) is 15.5 Å². The van der Waals surface area contributed by atoms with Crippen molar-refractivity contribution >= 4 is 30.2 Å². The van der Waals surface area contributed by atoms with E-state index in [4.69, 9.17) is 5.11 Å². The Morgan fingerprint density at radius 3 is 2.56 bits per heavy atom. The van der Waals surface area contributed by atoms with Gasteiger partial charge in [-0.25, -0.2) is 0 Å². The van der Waals surface area contributed by atoms with Gasteiger partial charge >= 0.3 is 5.97 Å². The highest BCUT2D eigenvalue weighted by atomic mass is 35.5. The van der Waals surface area contributed by atoms with Crippen LogP contribution in [0, 0.1) is 11.8 Å². The Balaban J connectivity index is 0.00000364. The average molecular weight is 404 g/mol. The lowest BCUT2D eigenvalue weighted by atomic mass is 9.95. The zero-order valence-electron chi connectivity index (χ0n) is 15.4. The highest BCUT2D eigenvalue weighted by Crippen LogP contribution is 2.18. The molecule has 4 N–H and O–H groups in total. The molecule has 0 aliphatic carbocycles. The SMILES string of the molecule is Cl.O=C(O)CC(CO)NC(=O)[C@@H]1CCCN(C(=O)/C=C/C2CCNCC2)C1. The first-order valence-corrected chi connectivity index (χ1v) is 9.30. The first kappa shape index (κ1) is 23.4. The summed E-state index contributed by atoms with van der Waals surface area (Å²) in [6.07, 6.45) is 6.71. The van der Waals surface area contributed by atoms with Gasteiger partial charge in [-0.1, -0.05) is 6.08 Å². The third-order valence-corrected chi connectivity index (χ3v) is 4.99. The second-order valence-electron chi connectivity index (χ2n) is 7.06. The summed E-state index contributed by atoms with van der Waals surface area (Å²) in [5.41, 5.74) is 0. The molecule has 2 rings (SSSR count). The molecule has 0 aromatic carbocycles. The molecule has 0 radical (unpaired) electrons. The average Bonchev–Trinajstić information content (AvgIpc) is 2.66. The minimum absolute atomic E-state index is 0. The van der Waals surface area contributed by atoms with E-state index in [0.717, 1.165) is 32.4 Å². The van der Waals surface area contributed by atoms with E-state index in [1.165, 1.54) is 0 Å². The molecule has 8 nitrogen and oxygen atoms in total. The molecule has 154 valence electrons. The smallest absolute Gasteiger partial charge is 0.305 e. The summed E-state index contributed by atoms with van der Waals surface area (Å²) >= 11 is 0. The molecule has 2 aliphatic rings. The van der Waals surface area contributed by atoms with Crippen molar-refractivity contribution < 1.29 is 24.6 Å². The number of nitrogens with zero attached hydrogens (tertiary/aromatic N) is 1. The van der Waals surface area contributed by atoms with E-state index in [9.17, 15) is 19.5 Å². The third kappa shape index (κ3) is 7.86. The number of amides is 2. The molecule has 2 atom stereocenters. The van der Waals surface area contributed by atoms with Crippen LogP contribution in [0.2, 0.25) is 0 Å². The van der Waals surface area contributed by atoms with Crippen LogP contribution >= 0.6 is 12.4 Å². The number of halogens is 1. The molecule has 2 fully saturated rings. The lowest BCUT2D eigenvalue weighted by Gasteiger charge is -2.32. The number of carboxylic acid groups (broad SMARTS) is 1. The maximum atomic E-state index is 12.4. The van der Waals surface area contributed by atoms with E-state index in [2.05, 4.69) is 10.6 Å². The van der Waals surface area contributed by atoms with E-state index in [0.29, 0.717) is 25.4 Å². The van der Waals surface area contributed by atoms with Crippen molar-refractivity contribution in [2.24, 2.45) is 11.8 Å². The molecule has 2 saturated heterocycles. The second-order valence-corrected chi connectivity index (χ2v) is 7.06. The Bertz CT molecular complexity index is 537. The molecule has 9 heteroatoms. The summed E-state index contributed by atoms with van der Waals surface area (Å²) in [6, 6.07) is -0.800. The number of carbonyl (C=O) groups excluding carboxylic acids is 2. The van der Waals surface area contributed by atoms with Gasteiger partial charge in [-0.05, 0) is 50.8 Å². The van der Waals surface area contributed by atoms with E-state index in [1.807, 2.05) is 6.08 Å². The second kappa shape index (κ2) is 11.9. The Kier molecular flexibility index (Phi) is 10.4. The number of carbonyl (C=O) groups is 3. The van der Waals surface area contributed by atoms with E-state index in [-0.39, 0.29) is 36.6 Å². The first-order valence-electron chi connectivity index (χ1n) is 9.30. The zero-order chi connectivity index (χ0) is 18.9. The normalized spacial score (nSPS) is 22.1. The third-order valence-electron chi connectivity index (χ3n) is 4.99. The Hall–Kier alpha value is -1.64. The van der Waals surface area contributed by atoms with Gasteiger partial charge in [0.25, 0.3) is 0 Å². The Labute approximate surface area is 165 Å². The lowest BCUT2D eigenvalue weighted by molar-refractivity contribution is -0.138. The summed E-state index contributed by atoms with van der Waals surface area (Å²) in [5, 5.41) is 23.9. The van der Waals surface area contributed by atoms with E-state index >= 15 is 0 Å². The number of aliphatic hydroxyl groups excluding tert-OH is 1. The number of hydrogen-bond acceptors (Lipinski definition) is 5. The maximum absolute atomic E-state index is 12.4. The van der Waals surface area contributed by atoms with Gasteiger partial charge in [0.1, 0.15) is 0 Å². The van der Waals surface area contributed by atoms with Crippen LogP contribution in [-0.2, 0) is 14.4 Å². The van der Waals surface area contributed by atoms with Crippen LogP contribution in [0.3, 0.4) is 0 Å². The first-order chi connectivity index (χ1) is 12.5. The summed E-state index contributed by atoms with van der Waals surface area (Å²) < 4.78 is 0. The van der Waals surface area contributed by atoms with Crippen LogP contribution in [0.5, 0.6) is 0 Å². The number of rotatable bonds is 7. The molecular weight excluding hydrogens is 374 g/mol. The fourth-order valence-corrected chi connectivity index (χ4v) is 3.44. The van der Waals surface area contributed by atoms with Gasteiger partial charge in [0.05, 0.1) is 25.0 Å². The molecule has 0 aromatic rings. The number of hydrogen-bond donors (Lipinski definition) is 4. The number of aliphatic carboxylic acids is 1. The largest absolute Gasteiger partial charge is 0.481 e. The minimum atomic E-state index is -1.08. The minimum Gasteiger partial charge on any atom is -0.481 e. The molecular formula is C18H30ClN3O5. The van der Waals surface area contributed by atoms with Gasteiger partial charge in [-0.15, -0.1) is 12.4 Å². The van der Waals surface area contributed by atoms with Crippen molar-refractivity contribution in [3.63, 3.8) is 0 Å². The fraction of sp³-hybridized carbons (Fsp3) is 0.722. The van der Waals surface area contributed by atoms with Gasteiger partial charge in [-0.3, -0.25) is 14.4 Å². The molecule has 1 unspecified atom stereocenters. The number of nitrogens with one attached hydrogen (secondary N) is 2. The predicted octanol–water partition coefficient (Wildman–Crippen LogP) is 0.154. The molecule has 2 heterocycles. The van der Waals surface area contributed by atoms with E-state index in [1.54, 1.807) is 11.0 Å². The van der Waals surface area contributed by atoms with Gasteiger partial charge < -0.3 is 25.7 Å². The quantitative estimate of drug-likeness (QED) is 0.449. The Morgan fingerprint density at radius 1 is 1.22 bits per heavy atom. The highest BCUT2D eigenvalue weighted by molar-refractivity contribution is 5.88. The maximum Gasteiger partial charge on any atom is 0.305 e. The van der Waals surface area contributed by atoms with Crippen molar-refractivity contribution in [2.45, 2.75) is 38.1 Å². The lowest BCUT2D eigenvalue weighted by Crippen LogP contribution is -2.48. The fourth-order valence-electron chi connectivity index (χ4n) is 3.44. The number of piperidine rings is 2. The number of likely N-dealkylation sites (tertiary alicyclic amines) is 1. The van der Waals surface area contributed by atoms with Crippen LogP contribution in [0.25, 0.3) is 0 Å². The van der Waals surface area contributed by atoms with Gasteiger partial charge in [0.15, 0.2) is 0 Å². The molecule has 2 aliphatic heterocycles. The van der Waals surface area contributed by atoms with Crippen LogP contribution in [0.15, 0.2) is 12.2 Å². The number of aliphatic hydroxyl groups is 1. The van der Waals surface area contributed by atoms with Crippen LogP contribution in [-0.4, -0.2) is 71.7 Å². The van der Waals surface area contributed by atoms with Gasteiger partial charge in [0, 0.05) is 13.1 Å². The molecule has 0 aromatic heterocycles. The number of carboxylic acids is 1. The van der Waals surface area contributed by atoms with Crippen molar-refractivity contribution in [2.75, 3.05) is 32.8 Å². The summed E-state index contributed by atoms with van der Waals surface area (Å²) in [7, 11) is 0.